The zero-order valence-corrected chi connectivity index (χ0v) is 15.5. The number of anilines is 1. The van der Waals surface area contributed by atoms with Gasteiger partial charge in [-0.05, 0) is 31.0 Å². The minimum Gasteiger partial charge on any atom is -0.379 e. The molecule has 2 saturated heterocycles. The van der Waals surface area contributed by atoms with Crippen molar-refractivity contribution < 1.29 is 9.53 Å². The highest BCUT2D eigenvalue weighted by Gasteiger charge is 2.22. The van der Waals surface area contributed by atoms with Crippen LogP contribution < -0.4 is 10.6 Å². The Kier molecular flexibility index (Phi) is 9.63. The number of carbonyl (C=O) groups excluding carboxylic acids is 1. The summed E-state index contributed by atoms with van der Waals surface area (Å²) >= 11 is 0. The molecule has 136 valence electrons. The molecule has 3 rings (SSSR count). The summed E-state index contributed by atoms with van der Waals surface area (Å²) < 4.78 is 5.39. The number of nitrogens with one attached hydrogen (secondary N) is 2. The molecule has 0 saturated carbocycles. The lowest BCUT2D eigenvalue weighted by molar-refractivity contribution is -0.120. The summed E-state index contributed by atoms with van der Waals surface area (Å²) in [7, 11) is 0. The van der Waals surface area contributed by atoms with Gasteiger partial charge >= 0.3 is 0 Å². The molecule has 0 aromatic heterocycles. The number of piperidine rings is 1. The fourth-order valence-corrected chi connectivity index (χ4v) is 3.09. The van der Waals surface area contributed by atoms with Gasteiger partial charge in [0.1, 0.15) is 0 Å². The maximum Gasteiger partial charge on any atom is 0.228 e. The van der Waals surface area contributed by atoms with E-state index in [9.17, 15) is 4.79 Å². The molecular weight excluding hydrogens is 349 g/mol. The van der Waals surface area contributed by atoms with Crippen LogP contribution in [0.3, 0.4) is 0 Å². The van der Waals surface area contributed by atoms with Crippen molar-refractivity contribution in [2.75, 3.05) is 44.7 Å². The monoisotopic (exact) mass is 375 g/mol. The van der Waals surface area contributed by atoms with Crippen LogP contribution in [0, 0.1) is 5.92 Å². The SMILES string of the molecule is Cl.Cl.O=C(Nc1ccccc1CN1CCOCC1)C1CCCNC1. The molecule has 1 unspecified atom stereocenters. The van der Waals surface area contributed by atoms with Crippen LogP contribution in [0.4, 0.5) is 5.69 Å². The second-order valence-corrected chi connectivity index (χ2v) is 6.08. The lowest BCUT2D eigenvalue weighted by Gasteiger charge is -2.28. The van der Waals surface area contributed by atoms with Crippen LogP contribution in [0.1, 0.15) is 18.4 Å². The molecule has 2 fully saturated rings. The predicted octanol–water partition coefficient (Wildman–Crippen LogP) is 2.30. The Bertz CT molecular complexity index is 504. The van der Waals surface area contributed by atoms with Gasteiger partial charge in [-0.3, -0.25) is 9.69 Å². The third-order valence-corrected chi connectivity index (χ3v) is 4.44. The summed E-state index contributed by atoms with van der Waals surface area (Å²) in [4.78, 5) is 14.8. The Morgan fingerprint density at radius 1 is 1.25 bits per heavy atom. The molecule has 1 amide bonds. The van der Waals surface area contributed by atoms with Crippen molar-refractivity contribution in [2.24, 2.45) is 5.92 Å². The summed E-state index contributed by atoms with van der Waals surface area (Å²) in [6, 6.07) is 8.12. The van der Waals surface area contributed by atoms with Gasteiger partial charge in [0.05, 0.1) is 19.1 Å². The van der Waals surface area contributed by atoms with Gasteiger partial charge in [0.15, 0.2) is 0 Å². The van der Waals surface area contributed by atoms with E-state index >= 15 is 0 Å². The van der Waals surface area contributed by atoms with Gasteiger partial charge in [-0.1, -0.05) is 18.2 Å². The minimum atomic E-state index is 0. The Balaban J connectivity index is 0.00000144. The van der Waals surface area contributed by atoms with E-state index < -0.39 is 0 Å². The second kappa shape index (κ2) is 10.9. The molecule has 5 nitrogen and oxygen atoms in total. The molecule has 2 heterocycles. The summed E-state index contributed by atoms with van der Waals surface area (Å²) in [5.41, 5.74) is 2.13. The molecule has 1 atom stereocenters. The molecule has 24 heavy (non-hydrogen) atoms. The van der Waals surface area contributed by atoms with Crippen molar-refractivity contribution in [3.8, 4) is 0 Å². The van der Waals surface area contributed by atoms with Crippen LogP contribution in [-0.4, -0.2) is 50.2 Å². The first-order valence-corrected chi connectivity index (χ1v) is 8.22. The first kappa shape index (κ1) is 21.2. The molecule has 0 aliphatic carbocycles. The van der Waals surface area contributed by atoms with E-state index in [0.29, 0.717) is 0 Å². The topological polar surface area (TPSA) is 53.6 Å². The van der Waals surface area contributed by atoms with Crippen LogP contribution in [-0.2, 0) is 16.1 Å². The average Bonchev–Trinajstić information content (AvgIpc) is 2.58. The van der Waals surface area contributed by atoms with E-state index in [1.807, 2.05) is 18.2 Å². The van der Waals surface area contributed by atoms with Crippen molar-refractivity contribution in [3.05, 3.63) is 29.8 Å². The van der Waals surface area contributed by atoms with Crippen LogP contribution >= 0.6 is 24.8 Å². The lowest BCUT2D eigenvalue weighted by atomic mass is 9.98. The number of ether oxygens (including phenoxy) is 1. The Morgan fingerprint density at radius 2 is 2.00 bits per heavy atom. The van der Waals surface area contributed by atoms with E-state index in [-0.39, 0.29) is 36.6 Å². The van der Waals surface area contributed by atoms with Gasteiger partial charge in [0.2, 0.25) is 5.91 Å². The predicted molar refractivity (Wildman–Crippen MR) is 101 cm³/mol. The molecular formula is C17H27Cl2N3O2. The number of halogens is 2. The van der Waals surface area contributed by atoms with E-state index in [4.69, 9.17) is 4.74 Å². The molecule has 0 radical (unpaired) electrons. The van der Waals surface area contributed by atoms with Crippen LogP contribution in [0.25, 0.3) is 0 Å². The van der Waals surface area contributed by atoms with Crippen molar-refractivity contribution in [1.82, 2.24) is 10.2 Å². The average molecular weight is 376 g/mol. The molecule has 0 spiro atoms. The van der Waals surface area contributed by atoms with Gasteiger partial charge in [-0.25, -0.2) is 0 Å². The van der Waals surface area contributed by atoms with Gasteiger partial charge < -0.3 is 15.4 Å². The number of hydrogen-bond donors (Lipinski definition) is 2. The number of nitrogens with zero attached hydrogens (tertiary/aromatic N) is 1. The number of hydrogen-bond acceptors (Lipinski definition) is 4. The molecule has 2 aliphatic rings. The molecule has 2 N–H and O–H groups in total. The highest BCUT2D eigenvalue weighted by atomic mass is 35.5. The third-order valence-electron chi connectivity index (χ3n) is 4.44. The molecule has 1 aromatic rings. The van der Waals surface area contributed by atoms with Gasteiger partial charge in [0.25, 0.3) is 0 Å². The van der Waals surface area contributed by atoms with Crippen LogP contribution in [0.2, 0.25) is 0 Å². The zero-order valence-electron chi connectivity index (χ0n) is 13.8. The van der Waals surface area contributed by atoms with Gasteiger partial charge in [0, 0.05) is 31.9 Å². The van der Waals surface area contributed by atoms with E-state index in [0.717, 1.165) is 64.5 Å². The van der Waals surface area contributed by atoms with Crippen LogP contribution in [0.5, 0.6) is 0 Å². The number of para-hydroxylation sites is 1. The third kappa shape index (κ3) is 5.90. The molecule has 7 heteroatoms. The smallest absolute Gasteiger partial charge is 0.228 e. The Hall–Kier alpha value is -0.850. The Morgan fingerprint density at radius 3 is 2.71 bits per heavy atom. The van der Waals surface area contributed by atoms with E-state index in [1.54, 1.807) is 0 Å². The van der Waals surface area contributed by atoms with Crippen LogP contribution in [0.15, 0.2) is 24.3 Å². The number of rotatable bonds is 4. The molecule has 2 aliphatic heterocycles. The molecule has 0 bridgehead atoms. The van der Waals surface area contributed by atoms with E-state index in [1.165, 1.54) is 5.56 Å². The highest BCUT2D eigenvalue weighted by molar-refractivity contribution is 5.93. The maximum absolute atomic E-state index is 12.4. The normalized spacial score (nSPS) is 21.2. The van der Waals surface area contributed by atoms with Crippen molar-refractivity contribution in [3.63, 3.8) is 0 Å². The summed E-state index contributed by atoms with van der Waals surface area (Å²) in [5.74, 6) is 0.229. The second-order valence-electron chi connectivity index (χ2n) is 6.08. The van der Waals surface area contributed by atoms with Crippen molar-refractivity contribution in [1.29, 1.82) is 0 Å². The number of amides is 1. The van der Waals surface area contributed by atoms with Gasteiger partial charge in [-0.2, -0.15) is 0 Å². The summed E-state index contributed by atoms with van der Waals surface area (Å²) in [6.07, 6.45) is 2.05. The summed E-state index contributed by atoms with van der Waals surface area (Å²) in [6.45, 7) is 6.17. The minimum absolute atomic E-state index is 0. The number of benzene rings is 1. The largest absolute Gasteiger partial charge is 0.379 e. The van der Waals surface area contributed by atoms with Crippen molar-refractivity contribution >= 4 is 36.4 Å². The first-order valence-electron chi connectivity index (χ1n) is 8.22. The standard InChI is InChI=1S/C17H25N3O2.2ClH/c21-17(14-5-3-7-18-12-14)19-16-6-2-1-4-15(16)13-20-8-10-22-11-9-20;;/h1-2,4,6,14,18H,3,5,7-13H2,(H,19,21);2*1H. The zero-order chi connectivity index (χ0) is 15.2. The maximum atomic E-state index is 12.4. The number of morpholine rings is 1. The fraction of sp³-hybridized carbons (Fsp3) is 0.588. The highest BCUT2D eigenvalue weighted by Crippen LogP contribution is 2.20. The first-order chi connectivity index (χ1) is 10.8. The summed E-state index contributed by atoms with van der Waals surface area (Å²) in [5, 5.41) is 6.43. The fourth-order valence-electron chi connectivity index (χ4n) is 3.09. The molecule has 1 aromatic carbocycles. The van der Waals surface area contributed by atoms with Crippen molar-refractivity contribution in [2.45, 2.75) is 19.4 Å². The Labute approximate surface area is 156 Å². The van der Waals surface area contributed by atoms with Gasteiger partial charge in [-0.15, -0.1) is 24.8 Å². The van der Waals surface area contributed by atoms with E-state index in [2.05, 4.69) is 21.6 Å². The quantitative estimate of drug-likeness (QED) is 0.847. The lowest BCUT2D eigenvalue weighted by Crippen LogP contribution is -2.38. The number of carbonyl (C=O) groups is 1.